The molecule has 1 amide bonds. The Morgan fingerprint density at radius 3 is 2.42 bits per heavy atom. The number of aryl methyl sites for hydroxylation is 1. The van der Waals surface area contributed by atoms with E-state index >= 15 is 0 Å². The number of aromatic nitrogens is 2. The lowest BCUT2D eigenvalue weighted by molar-refractivity contribution is -0.137. The predicted octanol–water partition coefficient (Wildman–Crippen LogP) is 6.25. The van der Waals surface area contributed by atoms with E-state index in [0.29, 0.717) is 42.5 Å². The van der Waals surface area contributed by atoms with Gasteiger partial charge in [-0.25, -0.2) is 14.4 Å². The zero-order chi connectivity index (χ0) is 31.7. The number of carbonyl (C=O) groups is 1. The van der Waals surface area contributed by atoms with Crippen LogP contribution in [0.2, 0.25) is 0 Å². The molecule has 234 valence electrons. The van der Waals surface area contributed by atoms with Gasteiger partial charge in [0.1, 0.15) is 5.82 Å². The molecule has 0 unspecified atom stereocenters. The number of alkyl halides is 3. The Morgan fingerprint density at radius 2 is 1.67 bits per heavy atom. The minimum atomic E-state index is -4.54. The second kappa shape index (κ2) is 12.4. The zero-order valence-corrected chi connectivity index (χ0v) is 25.0. The first-order valence-electron chi connectivity index (χ1n) is 14.7. The first-order valence-corrected chi connectivity index (χ1v) is 14.7. The van der Waals surface area contributed by atoms with Crippen molar-refractivity contribution in [3.8, 4) is 0 Å². The number of hydrogen-bond donors (Lipinski definition) is 2. The van der Waals surface area contributed by atoms with Crippen molar-refractivity contribution >= 4 is 34.6 Å². The van der Waals surface area contributed by atoms with Gasteiger partial charge >= 0.3 is 6.18 Å². The number of benzene rings is 3. The van der Waals surface area contributed by atoms with Gasteiger partial charge in [-0.1, -0.05) is 12.1 Å². The highest BCUT2D eigenvalue weighted by molar-refractivity contribution is 6.04. The van der Waals surface area contributed by atoms with Crippen LogP contribution in [-0.2, 0) is 19.1 Å². The van der Waals surface area contributed by atoms with E-state index in [1.807, 2.05) is 25.1 Å². The van der Waals surface area contributed by atoms with Crippen molar-refractivity contribution in [2.45, 2.75) is 26.1 Å². The molecule has 4 aromatic rings. The van der Waals surface area contributed by atoms with Crippen molar-refractivity contribution in [1.82, 2.24) is 14.9 Å². The summed E-state index contributed by atoms with van der Waals surface area (Å²) in [5, 5.41) is 5.85. The third-order valence-electron chi connectivity index (χ3n) is 8.24. The van der Waals surface area contributed by atoms with Gasteiger partial charge < -0.3 is 25.3 Å². The summed E-state index contributed by atoms with van der Waals surface area (Å²) in [4.78, 5) is 28.4. The Kier molecular flexibility index (Phi) is 8.32. The van der Waals surface area contributed by atoms with Crippen LogP contribution >= 0.6 is 0 Å². The summed E-state index contributed by atoms with van der Waals surface area (Å²) in [6.07, 6.45) is -2.13. The van der Waals surface area contributed by atoms with Crippen LogP contribution in [0.3, 0.4) is 0 Å². The van der Waals surface area contributed by atoms with E-state index < -0.39 is 17.6 Å². The summed E-state index contributed by atoms with van der Waals surface area (Å²) in [6.45, 7) is 6.50. The standard InChI is InChI=1S/C33H33F4N7O/c1-21-6-7-26(39-31(45)22-4-3-5-24(16-22)33(35,36)37)18-30(21)44-11-10-28-23(20-44)19-38-32(41-28)40-25-8-9-29(27(34)17-25)43-14-12-42(2)13-15-43/h3-9,16-19H,10-15,20H2,1-2H3,(H,39,45)(H,38,40,41). The van der Waals surface area contributed by atoms with E-state index in [9.17, 15) is 22.4 Å². The molecule has 0 atom stereocenters. The van der Waals surface area contributed by atoms with E-state index in [0.717, 1.165) is 60.8 Å². The van der Waals surface area contributed by atoms with E-state index in [4.69, 9.17) is 4.98 Å². The quantitative estimate of drug-likeness (QED) is 0.247. The van der Waals surface area contributed by atoms with Crippen molar-refractivity contribution in [3.05, 3.63) is 101 Å². The normalized spacial score (nSPS) is 15.5. The molecule has 0 aliphatic carbocycles. The molecule has 2 aliphatic rings. The summed E-state index contributed by atoms with van der Waals surface area (Å²) in [6, 6.07) is 14.9. The molecule has 2 aliphatic heterocycles. The van der Waals surface area contributed by atoms with Crippen LogP contribution in [0.5, 0.6) is 0 Å². The Balaban J connectivity index is 1.12. The maximum atomic E-state index is 15.0. The van der Waals surface area contributed by atoms with E-state index in [1.54, 1.807) is 18.3 Å². The molecule has 1 fully saturated rings. The topological polar surface area (TPSA) is 76.6 Å². The lowest BCUT2D eigenvalue weighted by atomic mass is 10.0. The maximum Gasteiger partial charge on any atom is 0.416 e. The number of amides is 1. The van der Waals surface area contributed by atoms with Crippen LogP contribution < -0.4 is 20.4 Å². The third-order valence-corrected chi connectivity index (χ3v) is 8.24. The molecule has 3 aromatic carbocycles. The lowest BCUT2D eigenvalue weighted by Gasteiger charge is -2.34. The van der Waals surface area contributed by atoms with Gasteiger partial charge in [0.25, 0.3) is 5.91 Å². The van der Waals surface area contributed by atoms with Gasteiger partial charge in [0, 0.05) is 80.1 Å². The number of carbonyl (C=O) groups excluding carboxylic acids is 1. The number of anilines is 5. The molecule has 0 spiro atoms. The molecule has 45 heavy (non-hydrogen) atoms. The van der Waals surface area contributed by atoms with Crippen LogP contribution in [0.4, 0.5) is 46.3 Å². The predicted molar refractivity (Wildman–Crippen MR) is 167 cm³/mol. The van der Waals surface area contributed by atoms with Crippen molar-refractivity contribution in [2.24, 2.45) is 0 Å². The lowest BCUT2D eigenvalue weighted by Crippen LogP contribution is -2.44. The van der Waals surface area contributed by atoms with Crippen LogP contribution in [0, 0.1) is 12.7 Å². The molecular weight excluding hydrogens is 586 g/mol. The molecule has 0 saturated carbocycles. The molecule has 1 saturated heterocycles. The number of piperazine rings is 1. The average molecular weight is 620 g/mol. The molecule has 12 heteroatoms. The molecular formula is C33H33F4N7O. The number of hydrogen-bond acceptors (Lipinski definition) is 7. The van der Waals surface area contributed by atoms with Crippen molar-refractivity contribution in [1.29, 1.82) is 0 Å². The summed E-state index contributed by atoms with van der Waals surface area (Å²) < 4.78 is 54.3. The summed E-state index contributed by atoms with van der Waals surface area (Å²) in [7, 11) is 2.06. The Bertz CT molecular complexity index is 1720. The van der Waals surface area contributed by atoms with Gasteiger partial charge in [-0.15, -0.1) is 0 Å². The number of fused-ring (bicyclic) bond motifs is 1. The fourth-order valence-corrected chi connectivity index (χ4v) is 5.67. The van der Waals surface area contributed by atoms with E-state index in [1.165, 1.54) is 18.2 Å². The van der Waals surface area contributed by atoms with E-state index in [2.05, 4.69) is 37.4 Å². The smallest absolute Gasteiger partial charge is 0.367 e. The highest BCUT2D eigenvalue weighted by Gasteiger charge is 2.31. The largest absolute Gasteiger partial charge is 0.416 e. The Hall–Kier alpha value is -4.71. The van der Waals surface area contributed by atoms with Crippen LogP contribution in [0.25, 0.3) is 0 Å². The molecule has 1 aromatic heterocycles. The van der Waals surface area contributed by atoms with Crippen LogP contribution in [0.1, 0.15) is 32.7 Å². The van der Waals surface area contributed by atoms with Gasteiger partial charge in [-0.3, -0.25) is 4.79 Å². The first-order chi connectivity index (χ1) is 21.5. The number of nitrogens with zero attached hydrogens (tertiary/aromatic N) is 5. The Morgan fingerprint density at radius 1 is 0.889 bits per heavy atom. The molecule has 0 bridgehead atoms. The number of halogens is 4. The van der Waals surface area contributed by atoms with Gasteiger partial charge in [0.15, 0.2) is 0 Å². The monoisotopic (exact) mass is 619 g/mol. The van der Waals surface area contributed by atoms with Gasteiger partial charge in [0.2, 0.25) is 5.95 Å². The molecule has 0 radical (unpaired) electrons. The summed E-state index contributed by atoms with van der Waals surface area (Å²) in [5.41, 5.74) is 4.40. The van der Waals surface area contributed by atoms with Gasteiger partial charge in [0.05, 0.1) is 16.9 Å². The van der Waals surface area contributed by atoms with Crippen LogP contribution in [-0.4, -0.2) is 60.5 Å². The SMILES string of the molecule is Cc1ccc(NC(=O)c2cccc(C(F)(F)F)c2)cc1N1CCc2nc(Nc3ccc(N4CCN(C)CC4)c(F)c3)ncc2C1. The van der Waals surface area contributed by atoms with Crippen molar-refractivity contribution < 1.29 is 22.4 Å². The molecule has 3 heterocycles. The number of nitrogens with one attached hydrogen (secondary N) is 2. The molecule has 8 nitrogen and oxygen atoms in total. The fraction of sp³-hybridized carbons (Fsp3) is 0.303. The van der Waals surface area contributed by atoms with E-state index in [-0.39, 0.29) is 11.4 Å². The minimum Gasteiger partial charge on any atom is -0.367 e. The fourth-order valence-electron chi connectivity index (χ4n) is 5.67. The Labute approximate surface area is 258 Å². The summed E-state index contributed by atoms with van der Waals surface area (Å²) >= 11 is 0. The van der Waals surface area contributed by atoms with Crippen molar-refractivity contribution in [3.63, 3.8) is 0 Å². The number of likely N-dealkylation sites (N-methyl/N-ethyl adjacent to an activating group) is 1. The first kappa shape index (κ1) is 30.3. The minimum absolute atomic E-state index is 0.0749. The average Bonchev–Trinajstić information content (AvgIpc) is 3.02. The van der Waals surface area contributed by atoms with Gasteiger partial charge in [-0.05, 0) is 68.1 Å². The zero-order valence-electron chi connectivity index (χ0n) is 25.0. The number of rotatable bonds is 6. The highest BCUT2D eigenvalue weighted by atomic mass is 19.4. The molecule has 2 N–H and O–H groups in total. The van der Waals surface area contributed by atoms with Crippen LogP contribution in [0.15, 0.2) is 66.9 Å². The second-order valence-electron chi connectivity index (χ2n) is 11.5. The maximum absolute atomic E-state index is 15.0. The van der Waals surface area contributed by atoms with Crippen molar-refractivity contribution in [2.75, 3.05) is 60.2 Å². The van der Waals surface area contributed by atoms with Gasteiger partial charge in [-0.2, -0.15) is 13.2 Å². The third kappa shape index (κ3) is 6.85. The summed E-state index contributed by atoms with van der Waals surface area (Å²) in [5.74, 6) is -0.520. The molecule has 6 rings (SSSR count). The second-order valence-corrected chi connectivity index (χ2v) is 11.5. The highest BCUT2D eigenvalue weighted by Crippen LogP contribution is 2.32.